The first-order valence-electron chi connectivity index (χ1n) is 8.63. The van der Waals surface area contributed by atoms with Gasteiger partial charge in [-0.25, -0.2) is 9.78 Å². The van der Waals surface area contributed by atoms with E-state index in [1.165, 1.54) is 44.7 Å². The molecule has 0 unspecified atom stereocenters. The van der Waals surface area contributed by atoms with Crippen LogP contribution >= 0.6 is 0 Å². The quantitative estimate of drug-likeness (QED) is 0.550. The van der Waals surface area contributed by atoms with Crippen LogP contribution in [0, 0.1) is 0 Å². The third kappa shape index (κ3) is 8.33. The first-order chi connectivity index (χ1) is 11.1. The molecule has 0 saturated carbocycles. The largest absolute Gasteiger partial charge is 0.476 e. The van der Waals surface area contributed by atoms with Crippen molar-refractivity contribution in [3.63, 3.8) is 0 Å². The number of hydrogen-bond acceptors (Lipinski definition) is 3. The number of aromatic carboxylic acids is 1. The van der Waals surface area contributed by atoms with Gasteiger partial charge < -0.3 is 10.4 Å². The fraction of sp³-hybridized carbons (Fsp3) is 0.611. The summed E-state index contributed by atoms with van der Waals surface area (Å²) in [7, 11) is 0. The number of hydrogen-bond donors (Lipinski definition) is 2. The number of pyridine rings is 1. The van der Waals surface area contributed by atoms with E-state index in [9.17, 15) is 9.59 Å². The maximum atomic E-state index is 11.9. The molecule has 0 aliphatic carbocycles. The molecule has 0 aliphatic rings. The summed E-state index contributed by atoms with van der Waals surface area (Å²) in [6, 6.07) is 3.17. The van der Waals surface area contributed by atoms with E-state index in [0.717, 1.165) is 19.3 Å². The zero-order chi connectivity index (χ0) is 16.9. The van der Waals surface area contributed by atoms with Crippen molar-refractivity contribution >= 4 is 17.6 Å². The van der Waals surface area contributed by atoms with Gasteiger partial charge in [0.2, 0.25) is 5.91 Å². The molecule has 5 nitrogen and oxygen atoms in total. The molecule has 1 heterocycles. The first kappa shape index (κ1) is 19.1. The standard InChI is InChI=1S/C18H28N2O3/c1-2-3-4-5-6-7-8-9-10-13-16(21)20-15-12-11-14-19-17(15)18(22)23/h11-12,14H,2-10,13H2,1H3,(H,20,21)(H,22,23). The summed E-state index contributed by atoms with van der Waals surface area (Å²) in [5.41, 5.74) is 0.147. The van der Waals surface area contributed by atoms with Crippen LogP contribution in [0.25, 0.3) is 0 Å². The number of aromatic nitrogens is 1. The molecule has 128 valence electrons. The van der Waals surface area contributed by atoms with Gasteiger partial charge in [0.15, 0.2) is 5.69 Å². The minimum Gasteiger partial charge on any atom is -0.476 e. The van der Waals surface area contributed by atoms with Gasteiger partial charge in [-0.2, -0.15) is 0 Å². The smallest absolute Gasteiger partial charge is 0.356 e. The summed E-state index contributed by atoms with van der Waals surface area (Å²) < 4.78 is 0. The number of nitrogens with one attached hydrogen (secondary N) is 1. The second-order valence-electron chi connectivity index (χ2n) is 5.83. The monoisotopic (exact) mass is 320 g/mol. The predicted molar refractivity (Wildman–Crippen MR) is 91.7 cm³/mol. The number of rotatable bonds is 12. The third-order valence-corrected chi connectivity index (χ3v) is 3.79. The van der Waals surface area contributed by atoms with E-state index in [0.29, 0.717) is 6.42 Å². The fourth-order valence-electron chi connectivity index (χ4n) is 2.49. The molecule has 1 aromatic rings. The zero-order valence-electron chi connectivity index (χ0n) is 14.0. The average molecular weight is 320 g/mol. The molecule has 0 spiro atoms. The van der Waals surface area contributed by atoms with Gasteiger partial charge in [-0.05, 0) is 18.6 Å². The SMILES string of the molecule is CCCCCCCCCCCC(=O)Nc1cccnc1C(=O)O. The Bertz CT molecular complexity index is 489. The summed E-state index contributed by atoms with van der Waals surface area (Å²) in [4.78, 5) is 26.6. The van der Waals surface area contributed by atoms with E-state index in [4.69, 9.17) is 5.11 Å². The van der Waals surface area contributed by atoms with Gasteiger partial charge in [-0.3, -0.25) is 4.79 Å². The molecule has 0 saturated heterocycles. The van der Waals surface area contributed by atoms with Crippen LogP contribution in [0.3, 0.4) is 0 Å². The number of nitrogens with zero attached hydrogens (tertiary/aromatic N) is 1. The maximum Gasteiger partial charge on any atom is 0.356 e. The van der Waals surface area contributed by atoms with E-state index >= 15 is 0 Å². The van der Waals surface area contributed by atoms with Gasteiger partial charge in [0.25, 0.3) is 0 Å². The summed E-state index contributed by atoms with van der Waals surface area (Å²) in [5.74, 6) is -1.28. The maximum absolute atomic E-state index is 11.9. The number of unbranched alkanes of at least 4 members (excludes halogenated alkanes) is 8. The molecule has 0 bridgehead atoms. The zero-order valence-corrected chi connectivity index (χ0v) is 14.0. The van der Waals surface area contributed by atoms with Crippen LogP contribution in [0.5, 0.6) is 0 Å². The number of amides is 1. The lowest BCUT2D eigenvalue weighted by molar-refractivity contribution is -0.116. The molecule has 5 heteroatoms. The second kappa shape index (κ2) is 11.6. The van der Waals surface area contributed by atoms with Crippen molar-refractivity contribution in [1.29, 1.82) is 0 Å². The Hall–Kier alpha value is -1.91. The first-order valence-corrected chi connectivity index (χ1v) is 8.63. The van der Waals surface area contributed by atoms with E-state index in [1.807, 2.05) is 0 Å². The molecular formula is C18H28N2O3. The highest BCUT2D eigenvalue weighted by Crippen LogP contribution is 2.14. The van der Waals surface area contributed by atoms with Crippen molar-refractivity contribution in [1.82, 2.24) is 4.98 Å². The third-order valence-electron chi connectivity index (χ3n) is 3.79. The Labute approximate surface area is 138 Å². The Kier molecular flexibility index (Phi) is 9.68. The Morgan fingerprint density at radius 1 is 1.04 bits per heavy atom. The van der Waals surface area contributed by atoms with Gasteiger partial charge in [0.05, 0.1) is 5.69 Å². The highest BCUT2D eigenvalue weighted by molar-refractivity contribution is 5.98. The lowest BCUT2D eigenvalue weighted by Gasteiger charge is -2.07. The molecule has 0 atom stereocenters. The van der Waals surface area contributed by atoms with Crippen LogP contribution in [-0.2, 0) is 4.79 Å². The van der Waals surface area contributed by atoms with Crippen molar-refractivity contribution < 1.29 is 14.7 Å². The molecular weight excluding hydrogens is 292 g/mol. The normalized spacial score (nSPS) is 10.5. The lowest BCUT2D eigenvalue weighted by atomic mass is 10.1. The molecule has 23 heavy (non-hydrogen) atoms. The molecule has 0 aromatic carbocycles. The van der Waals surface area contributed by atoms with Crippen LogP contribution in [0.4, 0.5) is 5.69 Å². The van der Waals surface area contributed by atoms with Gasteiger partial charge in [0, 0.05) is 12.6 Å². The summed E-state index contributed by atoms with van der Waals surface area (Å²) in [6.07, 6.45) is 12.6. The van der Waals surface area contributed by atoms with E-state index in [-0.39, 0.29) is 17.3 Å². The predicted octanol–water partition coefficient (Wildman–Crippen LogP) is 4.64. The van der Waals surface area contributed by atoms with Crippen LogP contribution in [0.1, 0.15) is 81.6 Å². The Morgan fingerprint density at radius 3 is 2.26 bits per heavy atom. The van der Waals surface area contributed by atoms with Gasteiger partial charge in [-0.1, -0.05) is 58.3 Å². The fourth-order valence-corrected chi connectivity index (χ4v) is 2.49. The van der Waals surface area contributed by atoms with Gasteiger partial charge in [-0.15, -0.1) is 0 Å². The second-order valence-corrected chi connectivity index (χ2v) is 5.83. The molecule has 2 N–H and O–H groups in total. The molecule has 1 amide bonds. The van der Waals surface area contributed by atoms with Crippen molar-refractivity contribution in [2.45, 2.75) is 71.1 Å². The van der Waals surface area contributed by atoms with Crippen molar-refractivity contribution in [3.05, 3.63) is 24.0 Å². The molecule has 0 radical (unpaired) electrons. The van der Waals surface area contributed by atoms with Gasteiger partial charge in [0.1, 0.15) is 0 Å². The van der Waals surface area contributed by atoms with Gasteiger partial charge >= 0.3 is 5.97 Å². The highest BCUT2D eigenvalue weighted by atomic mass is 16.4. The number of carbonyl (C=O) groups excluding carboxylic acids is 1. The topological polar surface area (TPSA) is 79.3 Å². The van der Waals surface area contributed by atoms with Crippen LogP contribution in [0.15, 0.2) is 18.3 Å². The van der Waals surface area contributed by atoms with E-state index in [1.54, 1.807) is 12.1 Å². The number of anilines is 1. The summed E-state index contributed by atoms with van der Waals surface area (Å²) in [5, 5.41) is 11.7. The average Bonchev–Trinajstić information content (AvgIpc) is 2.53. The molecule has 1 aromatic heterocycles. The van der Waals surface area contributed by atoms with Crippen LogP contribution in [-0.4, -0.2) is 22.0 Å². The molecule has 0 aliphatic heterocycles. The van der Waals surface area contributed by atoms with Crippen LogP contribution < -0.4 is 5.32 Å². The van der Waals surface area contributed by atoms with Crippen molar-refractivity contribution in [2.24, 2.45) is 0 Å². The van der Waals surface area contributed by atoms with Crippen LogP contribution in [0.2, 0.25) is 0 Å². The number of carboxylic acids is 1. The number of carboxylic acid groups (broad SMARTS) is 1. The summed E-state index contributed by atoms with van der Waals surface area (Å²) >= 11 is 0. The minimum atomic E-state index is -1.14. The summed E-state index contributed by atoms with van der Waals surface area (Å²) in [6.45, 7) is 2.22. The molecule has 1 rings (SSSR count). The minimum absolute atomic E-state index is 0.118. The number of carbonyl (C=O) groups is 2. The van der Waals surface area contributed by atoms with E-state index in [2.05, 4.69) is 17.2 Å². The van der Waals surface area contributed by atoms with E-state index < -0.39 is 5.97 Å². The van der Waals surface area contributed by atoms with Crippen molar-refractivity contribution in [3.8, 4) is 0 Å². The Morgan fingerprint density at radius 2 is 1.65 bits per heavy atom. The highest BCUT2D eigenvalue weighted by Gasteiger charge is 2.12. The van der Waals surface area contributed by atoms with Crippen molar-refractivity contribution in [2.75, 3.05) is 5.32 Å². The molecule has 0 fully saturated rings. The Balaban J connectivity index is 2.15. The lowest BCUT2D eigenvalue weighted by Crippen LogP contribution is -2.15.